The molecular weight excluding hydrogens is 274 g/mol. The van der Waals surface area contributed by atoms with E-state index in [0.29, 0.717) is 4.77 Å². The zero-order chi connectivity index (χ0) is 12.8. The number of fused-ring (bicyclic) bond motifs is 2. The van der Waals surface area contributed by atoms with E-state index in [1.807, 2.05) is 47.0 Å². The van der Waals surface area contributed by atoms with Crippen molar-refractivity contribution < 1.29 is 0 Å². The fourth-order valence-corrected chi connectivity index (χ4v) is 3.54. The molecule has 2 aromatic carbocycles. The number of benzene rings is 2. The first-order valence-corrected chi connectivity index (χ1v) is 7.11. The summed E-state index contributed by atoms with van der Waals surface area (Å²) in [7, 11) is 0. The molecule has 0 amide bonds. The Hall–Kier alpha value is -1.98. The van der Waals surface area contributed by atoms with Crippen LogP contribution < -0.4 is 0 Å². The summed E-state index contributed by atoms with van der Waals surface area (Å²) in [5.41, 5.74) is 3.10. The van der Waals surface area contributed by atoms with Crippen molar-refractivity contribution in [2.24, 2.45) is 0 Å². The molecule has 19 heavy (non-hydrogen) atoms. The lowest BCUT2D eigenvalue weighted by molar-refractivity contribution is 1.05. The number of nitrogens with one attached hydrogen (secondary N) is 1. The normalized spacial score (nSPS) is 11.4. The fraction of sp³-hybridized carbons (Fsp3) is 0. The fourth-order valence-electron chi connectivity index (χ4n) is 2.20. The van der Waals surface area contributed by atoms with Gasteiger partial charge in [-0.25, -0.2) is 4.98 Å². The molecule has 0 aliphatic heterocycles. The van der Waals surface area contributed by atoms with Gasteiger partial charge < -0.3 is 4.98 Å². The zero-order valence-corrected chi connectivity index (χ0v) is 11.5. The molecule has 0 unspecified atom stereocenters. The number of aromatic nitrogens is 3. The summed E-state index contributed by atoms with van der Waals surface area (Å²) < 4.78 is 3.85. The van der Waals surface area contributed by atoms with Gasteiger partial charge in [-0.3, -0.25) is 4.57 Å². The highest BCUT2D eigenvalue weighted by Gasteiger charge is 2.10. The van der Waals surface area contributed by atoms with Crippen LogP contribution in [0.2, 0.25) is 0 Å². The summed E-state index contributed by atoms with van der Waals surface area (Å²) >= 11 is 7.06. The summed E-state index contributed by atoms with van der Waals surface area (Å²) in [6.07, 6.45) is 0. The smallest absolute Gasteiger partial charge is 0.197 e. The molecule has 4 rings (SSSR count). The predicted octanol–water partition coefficient (Wildman–Crippen LogP) is 4.30. The number of hydrogen-bond donors (Lipinski definition) is 1. The van der Waals surface area contributed by atoms with Gasteiger partial charge in [0.25, 0.3) is 0 Å². The molecule has 0 atom stereocenters. The van der Waals surface area contributed by atoms with Gasteiger partial charge in [-0.2, -0.15) is 0 Å². The summed E-state index contributed by atoms with van der Waals surface area (Å²) in [6, 6.07) is 16.2. The van der Waals surface area contributed by atoms with E-state index in [2.05, 4.69) is 16.0 Å². The highest BCUT2D eigenvalue weighted by molar-refractivity contribution is 7.71. The largest absolute Gasteiger partial charge is 0.330 e. The van der Waals surface area contributed by atoms with Crippen LogP contribution in [-0.2, 0) is 0 Å². The summed E-state index contributed by atoms with van der Waals surface area (Å²) in [4.78, 5) is 7.88. The van der Waals surface area contributed by atoms with Crippen LogP contribution in [0.1, 0.15) is 0 Å². The van der Waals surface area contributed by atoms with Gasteiger partial charge in [-0.15, -0.1) is 0 Å². The van der Waals surface area contributed by atoms with E-state index >= 15 is 0 Å². The van der Waals surface area contributed by atoms with Crippen molar-refractivity contribution in [2.75, 3.05) is 0 Å². The molecule has 0 saturated carbocycles. The Morgan fingerprint density at radius 3 is 2.74 bits per heavy atom. The Labute approximate surface area is 118 Å². The van der Waals surface area contributed by atoms with Crippen molar-refractivity contribution in [3.63, 3.8) is 0 Å². The second kappa shape index (κ2) is 4.01. The van der Waals surface area contributed by atoms with Crippen molar-refractivity contribution >= 4 is 44.8 Å². The molecule has 0 fully saturated rings. The molecule has 1 N–H and O–H groups in total. The van der Waals surface area contributed by atoms with E-state index in [4.69, 9.17) is 12.2 Å². The number of nitrogens with zero attached hydrogens (tertiary/aromatic N) is 2. The first-order chi connectivity index (χ1) is 9.33. The van der Waals surface area contributed by atoms with Gasteiger partial charge in [0.2, 0.25) is 0 Å². The minimum Gasteiger partial charge on any atom is -0.330 e. The van der Waals surface area contributed by atoms with E-state index in [0.717, 1.165) is 21.7 Å². The Morgan fingerprint density at radius 1 is 1.05 bits per heavy atom. The molecule has 4 aromatic rings. The molecule has 0 radical (unpaired) electrons. The van der Waals surface area contributed by atoms with Crippen LogP contribution in [0.25, 0.3) is 26.4 Å². The molecule has 0 spiro atoms. The van der Waals surface area contributed by atoms with Gasteiger partial charge in [-0.1, -0.05) is 35.6 Å². The average Bonchev–Trinajstić information content (AvgIpc) is 2.97. The topological polar surface area (TPSA) is 33.6 Å². The number of aromatic amines is 1. The minimum atomic E-state index is 0.681. The average molecular weight is 283 g/mol. The van der Waals surface area contributed by atoms with Crippen LogP contribution >= 0.6 is 23.6 Å². The van der Waals surface area contributed by atoms with Crippen molar-refractivity contribution in [1.29, 1.82) is 0 Å². The first kappa shape index (κ1) is 10.9. The van der Waals surface area contributed by atoms with Crippen molar-refractivity contribution in [3.05, 3.63) is 53.3 Å². The third kappa shape index (κ3) is 1.63. The number of imidazole rings is 1. The van der Waals surface area contributed by atoms with Crippen LogP contribution in [0.15, 0.2) is 48.5 Å². The highest BCUT2D eigenvalue weighted by atomic mass is 32.1. The molecule has 5 heteroatoms. The maximum absolute atomic E-state index is 5.41. The standard InChI is InChI=1S/C14H9N3S2/c18-13-15-9-5-1-3-7-11(9)17(13)14-16-10-6-2-4-8-12(10)19-14/h1-8H,(H,15,18). The van der Waals surface area contributed by atoms with Crippen molar-refractivity contribution in [2.45, 2.75) is 0 Å². The maximum Gasteiger partial charge on any atom is 0.197 e. The van der Waals surface area contributed by atoms with Crippen molar-refractivity contribution in [1.82, 2.24) is 14.5 Å². The van der Waals surface area contributed by atoms with Crippen LogP contribution in [-0.4, -0.2) is 14.5 Å². The Balaban J connectivity index is 2.09. The number of rotatable bonds is 1. The zero-order valence-electron chi connectivity index (χ0n) is 9.83. The molecule has 2 heterocycles. The quantitative estimate of drug-likeness (QED) is 0.528. The number of para-hydroxylation sites is 3. The van der Waals surface area contributed by atoms with Gasteiger partial charge in [0.05, 0.1) is 21.3 Å². The first-order valence-electron chi connectivity index (χ1n) is 5.89. The molecule has 0 saturated heterocycles. The second-order valence-electron chi connectivity index (χ2n) is 4.25. The van der Waals surface area contributed by atoms with Crippen LogP contribution in [0, 0.1) is 4.77 Å². The monoisotopic (exact) mass is 283 g/mol. The van der Waals surface area contributed by atoms with E-state index < -0.39 is 0 Å². The minimum absolute atomic E-state index is 0.681. The summed E-state index contributed by atoms with van der Waals surface area (Å²) in [5, 5.41) is 0.906. The van der Waals surface area contributed by atoms with E-state index in [9.17, 15) is 0 Å². The molecule has 2 aromatic heterocycles. The Kier molecular flexibility index (Phi) is 2.30. The molecule has 0 aliphatic rings. The van der Waals surface area contributed by atoms with E-state index in [1.54, 1.807) is 11.3 Å². The lowest BCUT2D eigenvalue weighted by Gasteiger charge is -1.97. The van der Waals surface area contributed by atoms with Crippen LogP contribution in [0.3, 0.4) is 0 Å². The van der Waals surface area contributed by atoms with E-state index in [-0.39, 0.29) is 0 Å². The molecule has 0 bridgehead atoms. The Bertz CT molecular complexity index is 913. The highest BCUT2D eigenvalue weighted by Crippen LogP contribution is 2.27. The van der Waals surface area contributed by atoms with Crippen LogP contribution in [0.5, 0.6) is 0 Å². The third-order valence-electron chi connectivity index (χ3n) is 3.06. The van der Waals surface area contributed by atoms with Gasteiger partial charge in [0.1, 0.15) is 0 Å². The molecule has 92 valence electrons. The lowest BCUT2D eigenvalue weighted by atomic mass is 10.3. The molecule has 0 aliphatic carbocycles. The van der Waals surface area contributed by atoms with Gasteiger partial charge in [0.15, 0.2) is 9.90 Å². The second-order valence-corrected chi connectivity index (χ2v) is 5.64. The summed E-state index contributed by atoms with van der Waals surface area (Å²) in [6.45, 7) is 0. The third-order valence-corrected chi connectivity index (χ3v) is 4.37. The number of thiazole rings is 1. The Morgan fingerprint density at radius 2 is 1.84 bits per heavy atom. The van der Waals surface area contributed by atoms with Gasteiger partial charge in [0, 0.05) is 0 Å². The molecular formula is C14H9N3S2. The predicted molar refractivity (Wildman–Crippen MR) is 81.6 cm³/mol. The lowest BCUT2D eigenvalue weighted by Crippen LogP contribution is -1.92. The van der Waals surface area contributed by atoms with Gasteiger partial charge >= 0.3 is 0 Å². The summed E-state index contributed by atoms with van der Waals surface area (Å²) in [5.74, 6) is 0. The SMILES string of the molecule is S=c1[nH]c2ccccc2n1-c1nc2ccccc2s1. The molecule has 3 nitrogen and oxygen atoms in total. The number of hydrogen-bond acceptors (Lipinski definition) is 3. The maximum atomic E-state index is 5.41. The van der Waals surface area contributed by atoms with Crippen LogP contribution in [0.4, 0.5) is 0 Å². The number of H-pyrrole nitrogens is 1. The van der Waals surface area contributed by atoms with E-state index in [1.165, 1.54) is 4.70 Å². The van der Waals surface area contributed by atoms with Crippen molar-refractivity contribution in [3.8, 4) is 5.13 Å². The van der Waals surface area contributed by atoms with Gasteiger partial charge in [-0.05, 0) is 36.5 Å².